The Kier molecular flexibility index (Phi) is 4.83. The number of nitrogens with two attached hydrogens (primary N) is 1. The fraction of sp³-hybridized carbons (Fsp3) is 0.571. The minimum Gasteiger partial charge on any atom is -0.397 e. The summed E-state index contributed by atoms with van der Waals surface area (Å²) in [5.41, 5.74) is 6.49. The number of rotatable bonds is 6. The molecule has 5 nitrogen and oxygen atoms in total. The van der Waals surface area contributed by atoms with E-state index in [2.05, 4.69) is 11.9 Å². The Bertz CT molecular complexity index is 491. The number of amides is 1. The predicted octanol–water partition coefficient (Wildman–Crippen LogP) is 2.20. The number of carbonyl (C=O) groups is 1. The maximum Gasteiger partial charge on any atom is 0.257 e. The van der Waals surface area contributed by atoms with Crippen LogP contribution in [0.15, 0.2) is 12.3 Å². The molecule has 0 aromatic carbocycles. The zero-order valence-electron chi connectivity index (χ0n) is 11.8. The van der Waals surface area contributed by atoms with Crippen molar-refractivity contribution in [1.29, 1.82) is 0 Å². The zero-order valence-corrected chi connectivity index (χ0v) is 12.6. The predicted molar refractivity (Wildman–Crippen MR) is 78.8 cm³/mol. The number of hydrogen-bond acceptors (Lipinski definition) is 4. The number of halogens is 1. The number of ether oxygens (including phenoxy) is 1. The summed E-state index contributed by atoms with van der Waals surface area (Å²) in [6.45, 7) is 3.10. The van der Waals surface area contributed by atoms with Gasteiger partial charge in [0.15, 0.2) is 0 Å². The molecule has 1 aromatic rings. The Morgan fingerprint density at radius 3 is 2.95 bits per heavy atom. The van der Waals surface area contributed by atoms with E-state index in [0.717, 1.165) is 0 Å². The van der Waals surface area contributed by atoms with E-state index in [1.165, 1.54) is 19.0 Å². The molecule has 0 aliphatic heterocycles. The van der Waals surface area contributed by atoms with Gasteiger partial charge in [0.25, 0.3) is 5.91 Å². The monoisotopic (exact) mass is 297 g/mol. The summed E-state index contributed by atoms with van der Waals surface area (Å²) in [4.78, 5) is 18.4. The van der Waals surface area contributed by atoms with E-state index >= 15 is 0 Å². The minimum absolute atomic E-state index is 0.133. The molecule has 1 heterocycles. The van der Waals surface area contributed by atoms with Crippen LogP contribution in [-0.2, 0) is 4.74 Å². The summed E-state index contributed by atoms with van der Waals surface area (Å²) in [6, 6.07) is 1.76. The highest BCUT2D eigenvalue weighted by Crippen LogP contribution is 2.35. The van der Waals surface area contributed by atoms with E-state index in [4.69, 9.17) is 22.1 Å². The van der Waals surface area contributed by atoms with E-state index in [9.17, 15) is 4.79 Å². The first-order valence-electron chi connectivity index (χ1n) is 6.75. The molecule has 2 rings (SSSR count). The van der Waals surface area contributed by atoms with Gasteiger partial charge in [-0.05, 0) is 31.7 Å². The second-order valence-corrected chi connectivity index (χ2v) is 5.53. The molecule has 0 radical (unpaired) electrons. The first kappa shape index (κ1) is 15.1. The molecule has 0 bridgehead atoms. The van der Waals surface area contributed by atoms with Crippen molar-refractivity contribution in [2.75, 3.05) is 26.0 Å². The van der Waals surface area contributed by atoms with Gasteiger partial charge in [0, 0.05) is 19.7 Å². The highest BCUT2D eigenvalue weighted by molar-refractivity contribution is 6.32. The summed E-state index contributed by atoms with van der Waals surface area (Å²) in [7, 11) is 1.62. The molecule has 0 saturated heterocycles. The SMILES string of the molecule is COCCN(C(=O)c1cc(N)cnc1Cl)C(C)C1CC1. The van der Waals surface area contributed by atoms with Gasteiger partial charge >= 0.3 is 0 Å². The number of hydrogen-bond donors (Lipinski definition) is 1. The number of methoxy groups -OCH3 is 1. The average molecular weight is 298 g/mol. The normalized spacial score (nSPS) is 15.9. The average Bonchev–Trinajstić information content (AvgIpc) is 3.26. The van der Waals surface area contributed by atoms with Gasteiger partial charge in [-0.25, -0.2) is 4.98 Å². The third kappa shape index (κ3) is 3.41. The lowest BCUT2D eigenvalue weighted by atomic mass is 10.1. The van der Waals surface area contributed by atoms with Gasteiger partial charge in [0.1, 0.15) is 5.15 Å². The maximum absolute atomic E-state index is 12.7. The topological polar surface area (TPSA) is 68.5 Å². The van der Waals surface area contributed by atoms with Gasteiger partial charge < -0.3 is 15.4 Å². The van der Waals surface area contributed by atoms with Crippen LogP contribution in [0.4, 0.5) is 5.69 Å². The Morgan fingerprint density at radius 1 is 1.65 bits per heavy atom. The number of nitrogens with zero attached hydrogens (tertiary/aromatic N) is 2. The molecule has 0 spiro atoms. The van der Waals surface area contributed by atoms with Gasteiger partial charge in [-0.2, -0.15) is 0 Å². The second-order valence-electron chi connectivity index (χ2n) is 5.18. The van der Waals surface area contributed by atoms with Crippen molar-refractivity contribution in [3.63, 3.8) is 0 Å². The molecular formula is C14H20ClN3O2. The molecule has 110 valence electrons. The van der Waals surface area contributed by atoms with Crippen LogP contribution < -0.4 is 5.73 Å². The zero-order chi connectivity index (χ0) is 14.7. The molecule has 1 unspecified atom stereocenters. The highest BCUT2D eigenvalue weighted by Gasteiger charge is 2.35. The standard InChI is InChI=1S/C14H20ClN3O2/c1-9(10-3-4-10)18(5-6-20-2)14(19)12-7-11(16)8-17-13(12)15/h7-10H,3-6,16H2,1-2H3. The Labute approximate surface area is 124 Å². The van der Waals surface area contributed by atoms with Crippen LogP contribution in [0, 0.1) is 5.92 Å². The van der Waals surface area contributed by atoms with Crippen LogP contribution in [0.1, 0.15) is 30.1 Å². The number of nitrogen functional groups attached to an aromatic ring is 1. The number of carbonyl (C=O) groups excluding carboxylic acids is 1. The van der Waals surface area contributed by atoms with Gasteiger partial charge in [0.05, 0.1) is 24.1 Å². The van der Waals surface area contributed by atoms with Crippen LogP contribution in [0.5, 0.6) is 0 Å². The molecule has 1 aliphatic rings. The van der Waals surface area contributed by atoms with Crippen LogP contribution >= 0.6 is 11.6 Å². The first-order valence-corrected chi connectivity index (χ1v) is 7.13. The fourth-order valence-corrected chi connectivity index (χ4v) is 2.47. The van der Waals surface area contributed by atoms with Crippen molar-refractivity contribution in [2.45, 2.75) is 25.8 Å². The van der Waals surface area contributed by atoms with Crippen LogP contribution in [-0.4, -0.2) is 42.1 Å². The largest absolute Gasteiger partial charge is 0.397 e. The Hall–Kier alpha value is -1.33. The number of aromatic nitrogens is 1. The van der Waals surface area contributed by atoms with Crippen LogP contribution in [0.2, 0.25) is 5.15 Å². The van der Waals surface area contributed by atoms with E-state index in [1.807, 2.05) is 4.90 Å². The van der Waals surface area contributed by atoms with Gasteiger partial charge in [0.2, 0.25) is 0 Å². The number of anilines is 1. The molecular weight excluding hydrogens is 278 g/mol. The molecule has 1 amide bonds. The minimum atomic E-state index is -0.133. The third-order valence-corrected chi connectivity index (χ3v) is 3.98. The van der Waals surface area contributed by atoms with Crippen molar-refractivity contribution in [3.05, 3.63) is 23.0 Å². The Balaban J connectivity index is 2.22. The molecule has 1 saturated carbocycles. The summed E-state index contributed by atoms with van der Waals surface area (Å²) in [5.74, 6) is 0.440. The summed E-state index contributed by atoms with van der Waals surface area (Å²) in [6.07, 6.45) is 3.78. The lowest BCUT2D eigenvalue weighted by molar-refractivity contribution is 0.0594. The van der Waals surface area contributed by atoms with E-state index in [1.54, 1.807) is 13.2 Å². The molecule has 2 N–H and O–H groups in total. The fourth-order valence-electron chi connectivity index (χ4n) is 2.28. The second kappa shape index (κ2) is 6.41. The molecule has 1 aromatic heterocycles. The summed E-state index contributed by atoms with van der Waals surface area (Å²) in [5, 5.41) is 0.189. The van der Waals surface area contributed by atoms with Crippen molar-refractivity contribution in [2.24, 2.45) is 5.92 Å². The van der Waals surface area contributed by atoms with Crippen molar-refractivity contribution < 1.29 is 9.53 Å². The molecule has 1 atom stereocenters. The van der Waals surface area contributed by atoms with Crippen molar-refractivity contribution >= 4 is 23.2 Å². The Morgan fingerprint density at radius 2 is 2.35 bits per heavy atom. The smallest absolute Gasteiger partial charge is 0.257 e. The molecule has 20 heavy (non-hydrogen) atoms. The van der Waals surface area contributed by atoms with Gasteiger partial charge in [-0.1, -0.05) is 11.6 Å². The van der Waals surface area contributed by atoms with Crippen molar-refractivity contribution in [3.8, 4) is 0 Å². The third-order valence-electron chi connectivity index (χ3n) is 3.68. The van der Waals surface area contributed by atoms with E-state index < -0.39 is 0 Å². The van der Waals surface area contributed by atoms with Crippen LogP contribution in [0.3, 0.4) is 0 Å². The van der Waals surface area contributed by atoms with Crippen molar-refractivity contribution in [1.82, 2.24) is 9.88 Å². The van der Waals surface area contributed by atoms with Crippen LogP contribution in [0.25, 0.3) is 0 Å². The molecule has 6 heteroatoms. The number of pyridine rings is 1. The van der Waals surface area contributed by atoms with Gasteiger partial charge in [-0.15, -0.1) is 0 Å². The maximum atomic E-state index is 12.7. The van der Waals surface area contributed by atoms with E-state index in [0.29, 0.717) is 30.3 Å². The molecule has 1 aliphatic carbocycles. The summed E-state index contributed by atoms with van der Waals surface area (Å²) < 4.78 is 5.10. The summed E-state index contributed by atoms with van der Waals surface area (Å²) >= 11 is 6.02. The molecule has 1 fully saturated rings. The lowest BCUT2D eigenvalue weighted by Crippen LogP contribution is -2.42. The van der Waals surface area contributed by atoms with Gasteiger partial charge in [-0.3, -0.25) is 4.79 Å². The van der Waals surface area contributed by atoms with E-state index in [-0.39, 0.29) is 17.1 Å². The first-order chi connectivity index (χ1) is 9.54. The quantitative estimate of drug-likeness (QED) is 0.817. The highest BCUT2D eigenvalue weighted by atomic mass is 35.5. The lowest BCUT2D eigenvalue weighted by Gasteiger charge is -2.29.